The molecule has 0 rings (SSSR count). The Bertz CT molecular complexity index is 155. The second-order valence-electron chi connectivity index (χ2n) is 2.62. The van der Waals surface area contributed by atoms with Gasteiger partial charge in [-0.05, 0) is 20.3 Å². The molecule has 0 aromatic heterocycles. The fraction of sp³-hybridized carbons (Fsp3) is 0.700. The van der Waals surface area contributed by atoms with Gasteiger partial charge in [0.2, 0.25) is 5.91 Å². The van der Waals surface area contributed by atoms with E-state index in [-0.39, 0.29) is 5.91 Å². The maximum absolute atomic E-state index is 11.0. The van der Waals surface area contributed by atoms with E-state index in [2.05, 4.69) is 5.32 Å². The second kappa shape index (κ2) is 9.26. The Balaban J connectivity index is 3.23. The van der Waals surface area contributed by atoms with Gasteiger partial charge in [-0.3, -0.25) is 4.79 Å². The minimum absolute atomic E-state index is 0.114. The Hall–Kier alpha value is -0.830. The van der Waals surface area contributed by atoms with Crippen molar-refractivity contribution < 1.29 is 9.53 Å². The highest BCUT2D eigenvalue weighted by molar-refractivity contribution is 5.75. The number of nitrogens with one attached hydrogen (secondary N) is 1. The van der Waals surface area contributed by atoms with E-state index in [1.54, 1.807) is 0 Å². The van der Waals surface area contributed by atoms with E-state index < -0.39 is 0 Å². The van der Waals surface area contributed by atoms with Crippen molar-refractivity contribution in [3.63, 3.8) is 0 Å². The lowest BCUT2D eigenvalue weighted by Gasteiger charge is -1.98. The van der Waals surface area contributed by atoms with Crippen LogP contribution >= 0.6 is 0 Å². The summed E-state index contributed by atoms with van der Waals surface area (Å²) in [5, 5.41) is 2.74. The Kier molecular flexibility index (Phi) is 8.67. The summed E-state index contributed by atoms with van der Waals surface area (Å²) in [5.41, 5.74) is 0. The number of amides is 1. The summed E-state index contributed by atoms with van der Waals surface area (Å²) in [5.74, 6) is 0.114. The van der Waals surface area contributed by atoms with E-state index in [0.717, 1.165) is 13.0 Å². The number of ether oxygens (including phenoxy) is 1. The van der Waals surface area contributed by atoms with Crippen LogP contribution in [0.25, 0.3) is 0 Å². The number of carbonyl (C=O) groups is 1. The van der Waals surface area contributed by atoms with E-state index in [9.17, 15) is 4.79 Å². The molecule has 0 atom stereocenters. The first-order valence-corrected chi connectivity index (χ1v) is 4.80. The molecule has 0 saturated heterocycles. The molecule has 76 valence electrons. The van der Waals surface area contributed by atoms with Crippen LogP contribution in [0.4, 0.5) is 0 Å². The van der Waals surface area contributed by atoms with Gasteiger partial charge < -0.3 is 10.1 Å². The topological polar surface area (TPSA) is 38.3 Å². The van der Waals surface area contributed by atoms with Gasteiger partial charge in [0.05, 0.1) is 6.61 Å². The van der Waals surface area contributed by atoms with Gasteiger partial charge in [0, 0.05) is 19.6 Å². The molecule has 3 heteroatoms. The zero-order valence-corrected chi connectivity index (χ0v) is 8.51. The van der Waals surface area contributed by atoms with E-state index in [1.807, 2.05) is 26.0 Å². The molecule has 0 heterocycles. The molecule has 0 aromatic carbocycles. The third-order valence-electron chi connectivity index (χ3n) is 1.50. The molecule has 0 spiro atoms. The molecule has 3 nitrogen and oxygen atoms in total. The van der Waals surface area contributed by atoms with E-state index in [0.29, 0.717) is 19.6 Å². The Morgan fingerprint density at radius 1 is 1.38 bits per heavy atom. The average Bonchev–Trinajstić information content (AvgIpc) is 2.11. The summed E-state index contributed by atoms with van der Waals surface area (Å²) in [4.78, 5) is 11.0. The Morgan fingerprint density at radius 3 is 2.77 bits per heavy atom. The van der Waals surface area contributed by atoms with Gasteiger partial charge in [0.25, 0.3) is 0 Å². The van der Waals surface area contributed by atoms with Crippen molar-refractivity contribution in [1.29, 1.82) is 0 Å². The number of carbonyl (C=O) groups excluding carboxylic acids is 1. The first-order valence-electron chi connectivity index (χ1n) is 4.80. The number of allylic oxidation sites excluding steroid dienone is 1. The Labute approximate surface area is 80.2 Å². The van der Waals surface area contributed by atoms with Crippen LogP contribution in [0, 0.1) is 0 Å². The van der Waals surface area contributed by atoms with Gasteiger partial charge in [-0.15, -0.1) is 0 Å². The van der Waals surface area contributed by atoms with Crippen LogP contribution in [-0.4, -0.2) is 25.7 Å². The molecule has 0 aromatic rings. The lowest BCUT2D eigenvalue weighted by atomic mass is 10.3. The Morgan fingerprint density at radius 2 is 2.15 bits per heavy atom. The third kappa shape index (κ3) is 9.08. The van der Waals surface area contributed by atoms with Crippen molar-refractivity contribution in [2.24, 2.45) is 0 Å². The van der Waals surface area contributed by atoms with Gasteiger partial charge >= 0.3 is 0 Å². The number of rotatable bonds is 7. The minimum atomic E-state index is 0.114. The molecule has 0 fully saturated rings. The zero-order chi connectivity index (χ0) is 9.94. The van der Waals surface area contributed by atoms with Crippen LogP contribution in [0.15, 0.2) is 12.2 Å². The fourth-order valence-electron chi connectivity index (χ4n) is 0.872. The quantitative estimate of drug-likeness (QED) is 0.482. The molecule has 1 amide bonds. The summed E-state index contributed by atoms with van der Waals surface area (Å²) in [6.45, 7) is 5.97. The molecular weight excluding hydrogens is 166 g/mol. The van der Waals surface area contributed by atoms with Crippen molar-refractivity contribution in [1.82, 2.24) is 5.32 Å². The molecule has 1 N–H and O–H groups in total. The minimum Gasteiger partial charge on any atom is -0.378 e. The van der Waals surface area contributed by atoms with Crippen molar-refractivity contribution in [3.8, 4) is 0 Å². The van der Waals surface area contributed by atoms with Gasteiger partial charge in [0.1, 0.15) is 0 Å². The monoisotopic (exact) mass is 185 g/mol. The van der Waals surface area contributed by atoms with Gasteiger partial charge in [0.15, 0.2) is 0 Å². The molecular formula is C10H19NO2. The molecule has 13 heavy (non-hydrogen) atoms. The van der Waals surface area contributed by atoms with Crippen molar-refractivity contribution in [2.45, 2.75) is 26.7 Å². The molecule has 0 saturated carbocycles. The predicted molar refractivity (Wildman–Crippen MR) is 53.6 cm³/mol. The van der Waals surface area contributed by atoms with E-state index in [4.69, 9.17) is 4.74 Å². The maximum Gasteiger partial charge on any atom is 0.220 e. The average molecular weight is 185 g/mol. The first kappa shape index (κ1) is 12.2. The van der Waals surface area contributed by atoms with Crippen LogP contribution in [0.1, 0.15) is 26.7 Å². The molecule has 0 aliphatic carbocycles. The van der Waals surface area contributed by atoms with Gasteiger partial charge in [-0.25, -0.2) is 0 Å². The fourth-order valence-corrected chi connectivity index (χ4v) is 0.872. The second-order valence-corrected chi connectivity index (χ2v) is 2.62. The van der Waals surface area contributed by atoms with Crippen LogP contribution in [0.5, 0.6) is 0 Å². The summed E-state index contributed by atoms with van der Waals surface area (Å²) in [6.07, 6.45) is 5.28. The molecule has 0 aliphatic heterocycles. The maximum atomic E-state index is 11.0. The van der Waals surface area contributed by atoms with Crippen LogP contribution in [-0.2, 0) is 9.53 Å². The number of hydrogen-bond acceptors (Lipinski definition) is 2. The SMILES string of the molecule is CCNC(=O)CC/C=C\COCC. The number of hydrogen-bond donors (Lipinski definition) is 1. The highest BCUT2D eigenvalue weighted by Crippen LogP contribution is 1.91. The summed E-state index contributed by atoms with van der Waals surface area (Å²) in [7, 11) is 0. The third-order valence-corrected chi connectivity index (χ3v) is 1.50. The summed E-state index contributed by atoms with van der Waals surface area (Å²) < 4.78 is 5.10. The normalized spacial score (nSPS) is 10.6. The van der Waals surface area contributed by atoms with E-state index in [1.165, 1.54) is 0 Å². The summed E-state index contributed by atoms with van der Waals surface area (Å²) in [6, 6.07) is 0. The first-order chi connectivity index (χ1) is 6.31. The smallest absolute Gasteiger partial charge is 0.220 e. The van der Waals surface area contributed by atoms with Gasteiger partial charge in [-0.2, -0.15) is 0 Å². The highest BCUT2D eigenvalue weighted by Gasteiger charge is 1.94. The van der Waals surface area contributed by atoms with Crippen molar-refractivity contribution >= 4 is 5.91 Å². The standard InChI is InChI=1S/C10H19NO2/c1-3-11-10(12)8-6-5-7-9-13-4-2/h5,7H,3-4,6,8-9H2,1-2H3,(H,11,12)/b7-5-. The van der Waals surface area contributed by atoms with E-state index >= 15 is 0 Å². The zero-order valence-electron chi connectivity index (χ0n) is 8.51. The van der Waals surface area contributed by atoms with Crippen molar-refractivity contribution in [3.05, 3.63) is 12.2 Å². The van der Waals surface area contributed by atoms with Gasteiger partial charge in [-0.1, -0.05) is 12.2 Å². The predicted octanol–water partition coefficient (Wildman–Crippen LogP) is 1.50. The van der Waals surface area contributed by atoms with Crippen molar-refractivity contribution in [2.75, 3.05) is 19.8 Å². The lowest BCUT2D eigenvalue weighted by molar-refractivity contribution is -0.120. The van der Waals surface area contributed by atoms with Crippen LogP contribution in [0.3, 0.4) is 0 Å². The highest BCUT2D eigenvalue weighted by atomic mass is 16.5. The molecule has 0 bridgehead atoms. The molecule has 0 unspecified atom stereocenters. The largest absolute Gasteiger partial charge is 0.378 e. The summed E-state index contributed by atoms with van der Waals surface area (Å²) >= 11 is 0. The lowest BCUT2D eigenvalue weighted by Crippen LogP contribution is -2.21. The van der Waals surface area contributed by atoms with Crippen LogP contribution < -0.4 is 5.32 Å². The molecule has 0 radical (unpaired) electrons. The molecule has 0 aliphatic rings. The van der Waals surface area contributed by atoms with Crippen LogP contribution in [0.2, 0.25) is 0 Å².